The van der Waals surface area contributed by atoms with E-state index in [0.717, 1.165) is 0 Å². The van der Waals surface area contributed by atoms with Gasteiger partial charge in [0.2, 0.25) is 0 Å². The van der Waals surface area contributed by atoms with E-state index in [4.69, 9.17) is 0 Å². The highest BCUT2D eigenvalue weighted by molar-refractivity contribution is 7.71. The number of nitrogens with one attached hydrogen (secondary N) is 2. The molecular formula is C4H4N2OS. The zero-order valence-electron chi connectivity index (χ0n) is 3.97. The molecular weight excluding hydrogens is 127 g/mol. The average Bonchev–Trinajstić information content (AvgIpc) is 1.64. The summed E-state index contributed by atoms with van der Waals surface area (Å²) in [6.07, 6.45) is 1.50. The molecule has 0 atom stereocenters. The number of rotatable bonds is 0. The van der Waals surface area contributed by atoms with Gasteiger partial charge in [0.1, 0.15) is 0 Å². The van der Waals surface area contributed by atoms with Gasteiger partial charge in [-0.2, -0.15) is 0 Å². The van der Waals surface area contributed by atoms with Crippen molar-refractivity contribution in [1.82, 2.24) is 9.97 Å². The fourth-order valence-electron chi connectivity index (χ4n) is 0.383. The second-order valence-electron chi connectivity index (χ2n) is 1.30. The summed E-state index contributed by atoms with van der Waals surface area (Å²) < 4.78 is 0.359. The first-order valence-electron chi connectivity index (χ1n) is 2.07. The van der Waals surface area contributed by atoms with Gasteiger partial charge in [-0.1, -0.05) is 0 Å². The molecule has 1 aromatic rings. The number of hydrogen-bond donors (Lipinski definition) is 2. The second-order valence-corrected chi connectivity index (χ2v) is 1.70. The van der Waals surface area contributed by atoms with E-state index in [0.29, 0.717) is 4.77 Å². The van der Waals surface area contributed by atoms with E-state index < -0.39 is 0 Å². The lowest BCUT2D eigenvalue weighted by atomic mass is 10.7. The van der Waals surface area contributed by atoms with Crippen LogP contribution in [0, 0.1) is 4.77 Å². The Balaban J connectivity index is 3.50. The molecule has 0 aromatic carbocycles. The number of H-pyrrole nitrogens is 2. The van der Waals surface area contributed by atoms with Crippen molar-refractivity contribution in [3.05, 3.63) is 27.4 Å². The van der Waals surface area contributed by atoms with Gasteiger partial charge in [0.15, 0.2) is 4.77 Å². The number of hydrogen-bond acceptors (Lipinski definition) is 2. The molecule has 0 aliphatic carbocycles. The van der Waals surface area contributed by atoms with Crippen LogP contribution in [0.4, 0.5) is 0 Å². The second kappa shape index (κ2) is 1.92. The van der Waals surface area contributed by atoms with Crippen molar-refractivity contribution < 1.29 is 0 Å². The molecule has 0 amide bonds. The molecule has 1 aromatic heterocycles. The van der Waals surface area contributed by atoms with Crippen molar-refractivity contribution in [1.29, 1.82) is 0 Å². The Kier molecular flexibility index (Phi) is 1.26. The quantitative estimate of drug-likeness (QED) is 0.502. The molecule has 0 fully saturated rings. The third kappa shape index (κ3) is 1.04. The van der Waals surface area contributed by atoms with Gasteiger partial charge in [-0.15, -0.1) is 0 Å². The molecule has 0 saturated carbocycles. The molecule has 3 nitrogen and oxygen atoms in total. The Morgan fingerprint density at radius 1 is 1.62 bits per heavy atom. The molecule has 0 unspecified atom stereocenters. The predicted octanol–water partition coefficient (Wildman–Crippen LogP) is 0.432. The number of aromatic nitrogens is 2. The molecule has 0 aliphatic rings. The summed E-state index contributed by atoms with van der Waals surface area (Å²) in [5.74, 6) is 0. The smallest absolute Gasteiger partial charge is 0.251 e. The van der Waals surface area contributed by atoms with Gasteiger partial charge >= 0.3 is 0 Å². The predicted molar refractivity (Wildman–Crippen MR) is 32.2 cm³/mol. The Morgan fingerprint density at radius 3 is 2.75 bits per heavy atom. The van der Waals surface area contributed by atoms with Crippen LogP contribution < -0.4 is 5.56 Å². The van der Waals surface area contributed by atoms with Crippen LogP contribution in [0.25, 0.3) is 0 Å². The summed E-state index contributed by atoms with van der Waals surface area (Å²) in [5, 5.41) is 0. The van der Waals surface area contributed by atoms with Gasteiger partial charge in [-0.05, 0) is 12.2 Å². The maximum Gasteiger partial charge on any atom is 0.251 e. The van der Waals surface area contributed by atoms with E-state index in [9.17, 15) is 4.79 Å². The molecule has 2 N–H and O–H groups in total. The van der Waals surface area contributed by atoms with Gasteiger partial charge in [-0.25, -0.2) is 0 Å². The summed E-state index contributed by atoms with van der Waals surface area (Å²) in [6.45, 7) is 0. The zero-order chi connectivity index (χ0) is 5.98. The van der Waals surface area contributed by atoms with E-state index in [-0.39, 0.29) is 5.56 Å². The molecule has 8 heavy (non-hydrogen) atoms. The van der Waals surface area contributed by atoms with E-state index >= 15 is 0 Å². The fourth-order valence-corrected chi connectivity index (χ4v) is 0.551. The maximum absolute atomic E-state index is 10.3. The molecule has 42 valence electrons. The van der Waals surface area contributed by atoms with E-state index in [1.54, 1.807) is 0 Å². The summed E-state index contributed by atoms with van der Waals surface area (Å²) in [7, 11) is 0. The minimum absolute atomic E-state index is 0.172. The first-order chi connectivity index (χ1) is 3.79. The van der Waals surface area contributed by atoms with Crippen LogP contribution >= 0.6 is 12.2 Å². The summed E-state index contributed by atoms with van der Waals surface area (Å²) in [4.78, 5) is 15.4. The first-order valence-corrected chi connectivity index (χ1v) is 2.48. The maximum atomic E-state index is 10.3. The molecule has 0 aliphatic heterocycles. The monoisotopic (exact) mass is 131 g/mol. The molecule has 0 saturated heterocycles. The molecule has 1 rings (SSSR count). The van der Waals surface area contributed by atoms with Crippen LogP contribution in [0.2, 0.25) is 0 Å². The van der Waals surface area contributed by atoms with Gasteiger partial charge < -0.3 is 4.98 Å². The summed E-state index contributed by atoms with van der Waals surface area (Å²) >= 11 is 4.59. The summed E-state index contributed by atoms with van der Waals surface area (Å²) in [5.41, 5.74) is -0.172. The Hall–Kier alpha value is -0.900. The standard InChI is InChI=1S/C4H4N2OS/c7-3-1-2-5-4(8)6-3/h1-2H,(H2,5,6,7,8)/i4+1,5+1,6+1. The number of aromatic amines is 2. The molecule has 1 heterocycles. The highest BCUT2D eigenvalue weighted by atomic mass is 32.1. The van der Waals surface area contributed by atoms with Crippen molar-refractivity contribution in [2.45, 2.75) is 0 Å². The van der Waals surface area contributed by atoms with Gasteiger partial charge in [0, 0.05) is 12.3 Å². The minimum Gasteiger partial charge on any atom is -0.339 e. The zero-order valence-corrected chi connectivity index (χ0v) is 4.79. The average molecular weight is 131 g/mol. The minimum atomic E-state index is -0.172. The third-order valence-corrected chi connectivity index (χ3v) is 0.906. The largest absolute Gasteiger partial charge is 0.339 e. The van der Waals surface area contributed by atoms with E-state index in [2.05, 4.69) is 22.2 Å². The lowest BCUT2D eigenvalue weighted by Crippen LogP contribution is -2.02. The molecule has 4 heteroatoms. The Morgan fingerprint density at radius 2 is 2.38 bits per heavy atom. The first kappa shape index (κ1) is 5.24. The van der Waals surface area contributed by atoms with Crippen LogP contribution in [0.5, 0.6) is 0 Å². The molecule has 0 spiro atoms. The SMILES string of the molecule is O=c1cc[15nH][13c](=S)[15nH]1. The fraction of sp³-hybridized carbons (Fsp3) is 0. The van der Waals surface area contributed by atoms with Crippen LogP contribution in [0.15, 0.2) is 17.1 Å². The Labute approximate surface area is 50.4 Å². The normalized spacial score (nSPS) is 9.00. The van der Waals surface area contributed by atoms with Crippen LogP contribution in [-0.4, -0.2) is 9.97 Å². The summed E-state index contributed by atoms with van der Waals surface area (Å²) in [6, 6.07) is 1.37. The Bertz CT molecular complexity index is 248. The molecule has 0 radical (unpaired) electrons. The lowest BCUT2D eigenvalue weighted by Gasteiger charge is -1.78. The van der Waals surface area contributed by atoms with E-state index in [1.807, 2.05) is 0 Å². The van der Waals surface area contributed by atoms with Crippen molar-refractivity contribution in [3.63, 3.8) is 0 Å². The highest BCUT2D eigenvalue weighted by Gasteiger charge is 1.74. The van der Waals surface area contributed by atoms with Gasteiger partial charge in [0.25, 0.3) is 5.56 Å². The van der Waals surface area contributed by atoms with E-state index in [1.165, 1.54) is 12.3 Å². The van der Waals surface area contributed by atoms with Gasteiger partial charge in [0.05, 0.1) is 0 Å². The highest BCUT2D eigenvalue weighted by Crippen LogP contribution is 1.67. The van der Waals surface area contributed by atoms with Crippen LogP contribution in [-0.2, 0) is 0 Å². The van der Waals surface area contributed by atoms with Crippen molar-refractivity contribution >= 4 is 12.2 Å². The lowest BCUT2D eigenvalue weighted by molar-refractivity contribution is 1.09. The van der Waals surface area contributed by atoms with Crippen molar-refractivity contribution in [3.8, 4) is 0 Å². The van der Waals surface area contributed by atoms with Crippen molar-refractivity contribution in [2.75, 3.05) is 0 Å². The van der Waals surface area contributed by atoms with Gasteiger partial charge in [-0.3, -0.25) is 9.78 Å². The molecule has 0 bridgehead atoms. The third-order valence-electron chi connectivity index (χ3n) is 0.686. The van der Waals surface area contributed by atoms with Crippen LogP contribution in [0.3, 0.4) is 0 Å². The van der Waals surface area contributed by atoms with Crippen LogP contribution in [0.1, 0.15) is 0 Å². The van der Waals surface area contributed by atoms with Crippen molar-refractivity contribution in [2.24, 2.45) is 0 Å². The topological polar surface area (TPSA) is 48.6 Å².